The maximum Gasteiger partial charge on any atom is 0.343 e. The van der Waals surface area contributed by atoms with E-state index in [9.17, 15) is 9.59 Å². The van der Waals surface area contributed by atoms with E-state index in [1.807, 2.05) is 62.4 Å². The zero-order valence-corrected chi connectivity index (χ0v) is 22.0. The van der Waals surface area contributed by atoms with Crippen LogP contribution in [0.5, 0.6) is 5.75 Å². The summed E-state index contributed by atoms with van der Waals surface area (Å²) in [6, 6.07) is 17.1. The molecule has 2 aromatic heterocycles. The van der Waals surface area contributed by atoms with Crippen molar-refractivity contribution in [1.82, 2.24) is 14.2 Å². The van der Waals surface area contributed by atoms with Gasteiger partial charge in [-0.3, -0.25) is 4.79 Å². The maximum absolute atomic E-state index is 13.5. The highest BCUT2D eigenvalue weighted by molar-refractivity contribution is 5.82. The molecule has 2 aromatic carbocycles. The summed E-state index contributed by atoms with van der Waals surface area (Å²) in [6.07, 6.45) is 7.32. The summed E-state index contributed by atoms with van der Waals surface area (Å²) in [5.41, 5.74) is 4.49. The number of benzene rings is 2. The van der Waals surface area contributed by atoms with Gasteiger partial charge in [0.05, 0.1) is 24.2 Å². The van der Waals surface area contributed by atoms with Gasteiger partial charge in [-0.05, 0) is 69.2 Å². The van der Waals surface area contributed by atoms with Crippen molar-refractivity contribution in [2.75, 3.05) is 13.7 Å². The number of methoxy groups -OCH3 is 1. The fourth-order valence-corrected chi connectivity index (χ4v) is 5.21. The third kappa shape index (κ3) is 5.11. The Morgan fingerprint density at radius 1 is 1.08 bits per heavy atom. The average molecular weight is 513 g/mol. The van der Waals surface area contributed by atoms with Crippen molar-refractivity contribution >= 4 is 23.1 Å². The monoisotopic (exact) mass is 512 g/mol. The zero-order chi connectivity index (χ0) is 26.6. The third-order valence-electron chi connectivity index (χ3n) is 7.21. The minimum absolute atomic E-state index is 0.135. The number of esters is 1. The molecule has 0 spiro atoms. The van der Waals surface area contributed by atoms with E-state index >= 15 is 0 Å². The summed E-state index contributed by atoms with van der Waals surface area (Å²) >= 11 is 0. The Balaban J connectivity index is 1.47. The van der Waals surface area contributed by atoms with Gasteiger partial charge in [0, 0.05) is 28.6 Å². The van der Waals surface area contributed by atoms with Gasteiger partial charge < -0.3 is 14.0 Å². The van der Waals surface area contributed by atoms with Crippen molar-refractivity contribution in [1.29, 1.82) is 0 Å². The van der Waals surface area contributed by atoms with Gasteiger partial charge in [-0.15, -0.1) is 0 Å². The fourth-order valence-electron chi connectivity index (χ4n) is 5.21. The van der Waals surface area contributed by atoms with Crippen LogP contribution in [-0.2, 0) is 9.53 Å². The molecule has 196 valence electrons. The smallest absolute Gasteiger partial charge is 0.343 e. The van der Waals surface area contributed by atoms with Gasteiger partial charge in [0.2, 0.25) is 0 Å². The Bertz CT molecular complexity index is 1540. The Kier molecular flexibility index (Phi) is 7.40. The van der Waals surface area contributed by atoms with E-state index in [1.54, 1.807) is 6.21 Å². The summed E-state index contributed by atoms with van der Waals surface area (Å²) in [6.45, 7) is 3.92. The second-order valence-electron chi connectivity index (χ2n) is 9.70. The molecule has 1 aliphatic rings. The molecule has 5 rings (SSSR count). The first kappa shape index (κ1) is 25.4. The minimum atomic E-state index is -0.428. The van der Waals surface area contributed by atoms with Gasteiger partial charge in [-0.25, -0.2) is 9.78 Å². The number of rotatable bonds is 7. The standard InChI is InChI=1S/C30H32N4O4/c1-20-17-23(21(2)33(20)24-13-15-25(16-14-24)38-19-28(35)37-3)18-31-34-29(22-9-5-4-6-10-22)32-27-12-8-7-11-26(27)30(34)36/h7-8,11-18,22H,4-6,9-10,19H2,1-3H3. The molecule has 0 N–H and O–H groups in total. The van der Waals surface area contributed by atoms with Crippen molar-refractivity contribution in [2.24, 2.45) is 5.10 Å². The molecule has 0 bridgehead atoms. The SMILES string of the molecule is COC(=O)COc1ccc(-n2c(C)cc(C=Nn3c(C4CCCCC4)nc4ccccc4c3=O)c2C)cc1. The highest BCUT2D eigenvalue weighted by Gasteiger charge is 2.22. The number of ether oxygens (including phenoxy) is 2. The fraction of sp³-hybridized carbons (Fsp3) is 0.333. The lowest BCUT2D eigenvalue weighted by molar-refractivity contribution is -0.142. The van der Waals surface area contributed by atoms with Crippen molar-refractivity contribution in [3.63, 3.8) is 0 Å². The van der Waals surface area contributed by atoms with E-state index in [2.05, 4.69) is 15.4 Å². The number of para-hydroxylation sites is 1. The number of fused-ring (bicyclic) bond motifs is 1. The van der Waals surface area contributed by atoms with Crippen molar-refractivity contribution in [2.45, 2.75) is 51.9 Å². The third-order valence-corrected chi connectivity index (χ3v) is 7.21. The average Bonchev–Trinajstić information content (AvgIpc) is 3.24. The maximum atomic E-state index is 13.5. The molecule has 1 aliphatic carbocycles. The zero-order valence-electron chi connectivity index (χ0n) is 22.0. The van der Waals surface area contributed by atoms with Crippen LogP contribution in [-0.4, -0.2) is 40.1 Å². The Labute approximate surface area is 221 Å². The number of carbonyl (C=O) groups excluding carboxylic acids is 1. The highest BCUT2D eigenvalue weighted by atomic mass is 16.6. The van der Waals surface area contributed by atoms with E-state index < -0.39 is 5.97 Å². The Hall–Kier alpha value is -4.20. The number of hydrogen-bond acceptors (Lipinski definition) is 6. The number of aryl methyl sites for hydroxylation is 1. The topological polar surface area (TPSA) is 87.7 Å². The molecule has 0 aliphatic heterocycles. The van der Waals surface area contributed by atoms with Crippen LogP contribution in [0.4, 0.5) is 0 Å². The molecule has 8 nitrogen and oxygen atoms in total. The Morgan fingerprint density at radius 3 is 2.55 bits per heavy atom. The number of nitrogens with zero attached hydrogens (tertiary/aromatic N) is 4. The number of carbonyl (C=O) groups is 1. The van der Waals surface area contributed by atoms with E-state index in [-0.39, 0.29) is 18.1 Å². The summed E-state index contributed by atoms with van der Waals surface area (Å²) in [5, 5.41) is 5.29. The van der Waals surface area contributed by atoms with E-state index in [1.165, 1.54) is 18.2 Å². The van der Waals surface area contributed by atoms with Crippen LogP contribution in [0.3, 0.4) is 0 Å². The largest absolute Gasteiger partial charge is 0.482 e. The van der Waals surface area contributed by atoms with Crippen molar-refractivity contribution in [3.05, 3.63) is 87.7 Å². The van der Waals surface area contributed by atoms with E-state index in [4.69, 9.17) is 14.8 Å². The first-order valence-corrected chi connectivity index (χ1v) is 13.0. The van der Waals surface area contributed by atoms with Gasteiger partial charge in [-0.1, -0.05) is 31.4 Å². The van der Waals surface area contributed by atoms with Crippen LogP contribution >= 0.6 is 0 Å². The van der Waals surface area contributed by atoms with Crippen LogP contribution in [0.25, 0.3) is 16.6 Å². The van der Waals surface area contributed by atoms with E-state index in [0.29, 0.717) is 11.1 Å². The molecular formula is C30H32N4O4. The molecule has 0 amide bonds. The second-order valence-corrected chi connectivity index (χ2v) is 9.70. The first-order valence-electron chi connectivity index (χ1n) is 13.0. The molecule has 8 heteroatoms. The predicted octanol–water partition coefficient (Wildman–Crippen LogP) is 5.29. The second kappa shape index (κ2) is 11.0. The van der Waals surface area contributed by atoms with Gasteiger partial charge >= 0.3 is 5.97 Å². The molecule has 2 heterocycles. The molecule has 38 heavy (non-hydrogen) atoms. The number of aromatic nitrogens is 3. The van der Waals surface area contributed by atoms with E-state index in [0.717, 1.165) is 59.7 Å². The lowest BCUT2D eigenvalue weighted by Crippen LogP contribution is -2.25. The van der Waals surface area contributed by atoms with Crippen LogP contribution < -0.4 is 10.3 Å². The summed E-state index contributed by atoms with van der Waals surface area (Å²) in [7, 11) is 1.33. The van der Waals surface area contributed by atoms with Crippen molar-refractivity contribution < 1.29 is 14.3 Å². The molecule has 0 radical (unpaired) electrons. The quantitative estimate of drug-likeness (QED) is 0.248. The number of hydrogen-bond donors (Lipinski definition) is 0. The first-order chi connectivity index (χ1) is 18.5. The normalized spacial score (nSPS) is 14.3. The van der Waals surface area contributed by atoms with Crippen molar-refractivity contribution in [3.8, 4) is 11.4 Å². The summed E-state index contributed by atoms with van der Waals surface area (Å²) in [4.78, 5) is 29.7. The molecule has 0 atom stereocenters. The van der Waals surface area contributed by atoms with Crippen LogP contribution in [0.15, 0.2) is 64.5 Å². The van der Waals surface area contributed by atoms with Gasteiger partial charge in [-0.2, -0.15) is 9.78 Å². The lowest BCUT2D eigenvalue weighted by atomic mass is 9.88. The molecular weight excluding hydrogens is 480 g/mol. The van der Waals surface area contributed by atoms with Crippen LogP contribution in [0.2, 0.25) is 0 Å². The Morgan fingerprint density at radius 2 is 1.82 bits per heavy atom. The van der Waals surface area contributed by atoms with Gasteiger partial charge in [0.25, 0.3) is 5.56 Å². The van der Waals surface area contributed by atoms with Gasteiger partial charge in [0.15, 0.2) is 6.61 Å². The highest BCUT2D eigenvalue weighted by Crippen LogP contribution is 2.32. The molecule has 1 saturated carbocycles. The van der Waals surface area contributed by atoms with Crippen LogP contribution in [0, 0.1) is 13.8 Å². The summed E-state index contributed by atoms with van der Waals surface area (Å²) < 4.78 is 13.7. The molecule has 1 fully saturated rings. The van der Waals surface area contributed by atoms with Crippen LogP contribution in [0.1, 0.15) is 60.8 Å². The minimum Gasteiger partial charge on any atom is -0.482 e. The predicted molar refractivity (Wildman–Crippen MR) is 148 cm³/mol. The lowest BCUT2D eigenvalue weighted by Gasteiger charge is -2.22. The molecule has 4 aromatic rings. The molecule has 0 unspecified atom stereocenters. The summed E-state index contributed by atoms with van der Waals surface area (Å²) in [5.74, 6) is 1.14. The molecule has 0 saturated heterocycles. The van der Waals surface area contributed by atoms with Gasteiger partial charge in [0.1, 0.15) is 11.6 Å².